The maximum Gasteiger partial charge on any atom is 0.310 e. The lowest BCUT2D eigenvalue weighted by atomic mass is 10.0. The van der Waals surface area contributed by atoms with E-state index in [1.165, 1.54) is 30.3 Å². The fraction of sp³-hybridized carbons (Fsp3) is 0.286. The molecule has 0 aromatic heterocycles. The van der Waals surface area contributed by atoms with Gasteiger partial charge in [-0.05, 0) is 73.0 Å². The minimum Gasteiger partial charge on any atom is -0.460 e. The number of hydrogen-bond acceptors (Lipinski definition) is 2. The Bertz CT molecular complexity index is 935. The molecule has 2 nitrogen and oxygen atoms in total. The molecule has 1 aliphatic rings. The number of hydrogen-bond donors (Lipinski definition) is 0. The highest BCUT2D eigenvalue weighted by Crippen LogP contribution is 2.60. The van der Waals surface area contributed by atoms with Crippen molar-refractivity contribution >= 4 is 37.8 Å². The van der Waals surface area contributed by atoms with Crippen LogP contribution in [0.2, 0.25) is 0 Å². The van der Waals surface area contributed by atoms with Crippen LogP contribution >= 0.6 is 31.9 Å². The predicted octanol–water partition coefficient (Wildman–Crippen LogP) is 6.72. The Labute approximate surface area is 178 Å². The van der Waals surface area contributed by atoms with Gasteiger partial charge in [0, 0.05) is 5.56 Å². The molecule has 2 atom stereocenters. The Kier molecular flexibility index (Phi) is 6.05. The standard InChI is InChI=1S/C21H17Br2F3O2/c1-21(2)15(9-17(22)23)18(21)20(27)28-10-14-16(25)8-7-13(19(14)26)11-3-5-12(24)6-4-11/h3-9,15,18H,10H2,1-2H3. The van der Waals surface area contributed by atoms with E-state index in [0.717, 1.165) is 9.46 Å². The van der Waals surface area contributed by atoms with Gasteiger partial charge in [0.05, 0.1) is 14.9 Å². The van der Waals surface area contributed by atoms with Crippen LogP contribution in [0.5, 0.6) is 0 Å². The van der Waals surface area contributed by atoms with Crippen LogP contribution in [-0.4, -0.2) is 5.97 Å². The lowest BCUT2D eigenvalue weighted by Gasteiger charge is -2.11. The Morgan fingerprint density at radius 1 is 1.11 bits per heavy atom. The summed E-state index contributed by atoms with van der Waals surface area (Å²) in [6, 6.07) is 7.60. The number of benzene rings is 2. The van der Waals surface area contributed by atoms with Gasteiger partial charge in [-0.25, -0.2) is 13.2 Å². The third-order valence-corrected chi connectivity index (χ3v) is 5.70. The largest absolute Gasteiger partial charge is 0.460 e. The van der Waals surface area contributed by atoms with Gasteiger partial charge in [0.1, 0.15) is 24.1 Å². The summed E-state index contributed by atoms with van der Waals surface area (Å²) in [6.45, 7) is 3.35. The van der Waals surface area contributed by atoms with Gasteiger partial charge in [0.2, 0.25) is 0 Å². The van der Waals surface area contributed by atoms with Crippen LogP contribution in [0.1, 0.15) is 19.4 Å². The van der Waals surface area contributed by atoms with Crippen LogP contribution in [0.3, 0.4) is 0 Å². The molecule has 28 heavy (non-hydrogen) atoms. The lowest BCUT2D eigenvalue weighted by molar-refractivity contribution is -0.147. The molecular formula is C21H17Br2F3O2. The fourth-order valence-electron chi connectivity index (χ4n) is 3.39. The van der Waals surface area contributed by atoms with Gasteiger partial charge < -0.3 is 4.74 Å². The third-order valence-electron chi connectivity index (χ3n) is 5.17. The van der Waals surface area contributed by atoms with Crippen LogP contribution < -0.4 is 0 Å². The van der Waals surface area contributed by atoms with Crippen LogP contribution in [0.25, 0.3) is 11.1 Å². The predicted molar refractivity (Wildman–Crippen MR) is 108 cm³/mol. The van der Waals surface area contributed by atoms with Gasteiger partial charge in [-0.3, -0.25) is 4.79 Å². The van der Waals surface area contributed by atoms with E-state index in [9.17, 15) is 18.0 Å². The normalized spacial score (nSPS) is 19.8. The number of ether oxygens (including phenoxy) is 1. The van der Waals surface area contributed by atoms with Crippen LogP contribution in [0.4, 0.5) is 13.2 Å². The van der Waals surface area contributed by atoms with Gasteiger partial charge in [-0.2, -0.15) is 0 Å². The van der Waals surface area contributed by atoms with E-state index in [4.69, 9.17) is 4.74 Å². The number of esters is 1. The van der Waals surface area contributed by atoms with Gasteiger partial charge >= 0.3 is 5.97 Å². The SMILES string of the molecule is CC1(C)C(C=C(Br)Br)C1C(=O)OCc1c(F)ccc(-c2ccc(F)cc2)c1F. The van der Waals surface area contributed by atoms with E-state index in [0.29, 0.717) is 5.56 Å². The Morgan fingerprint density at radius 2 is 1.75 bits per heavy atom. The second-order valence-electron chi connectivity index (χ2n) is 7.28. The second kappa shape index (κ2) is 8.03. The van der Waals surface area contributed by atoms with E-state index in [1.54, 1.807) is 0 Å². The summed E-state index contributed by atoms with van der Waals surface area (Å²) in [5.41, 5.74) is -0.107. The first-order valence-electron chi connectivity index (χ1n) is 8.55. The number of allylic oxidation sites excluding steroid dienone is 1. The molecule has 2 unspecified atom stereocenters. The molecule has 148 valence electrons. The molecule has 7 heteroatoms. The lowest BCUT2D eigenvalue weighted by Crippen LogP contribution is -2.12. The van der Waals surface area contributed by atoms with Crippen LogP contribution in [0, 0.1) is 34.7 Å². The molecule has 0 heterocycles. The van der Waals surface area contributed by atoms with Crippen molar-refractivity contribution < 1.29 is 22.7 Å². The molecule has 0 radical (unpaired) electrons. The molecule has 0 aliphatic heterocycles. The van der Waals surface area contributed by atoms with E-state index >= 15 is 0 Å². The van der Waals surface area contributed by atoms with Crippen molar-refractivity contribution in [1.82, 2.24) is 0 Å². The first-order chi connectivity index (χ1) is 13.1. The average Bonchev–Trinajstić information content (AvgIpc) is 3.15. The molecule has 0 spiro atoms. The van der Waals surface area contributed by atoms with Crippen molar-refractivity contribution in [1.29, 1.82) is 0 Å². The van der Waals surface area contributed by atoms with Crippen LogP contribution in [-0.2, 0) is 16.1 Å². The molecule has 2 aromatic carbocycles. The van der Waals surface area contributed by atoms with E-state index < -0.39 is 30.0 Å². The van der Waals surface area contributed by atoms with Gasteiger partial charge in [0.15, 0.2) is 0 Å². The maximum absolute atomic E-state index is 14.8. The number of halogens is 5. The van der Waals surface area contributed by atoms with Crippen molar-refractivity contribution in [2.45, 2.75) is 20.5 Å². The molecule has 0 bridgehead atoms. The van der Waals surface area contributed by atoms with Crippen molar-refractivity contribution in [3.8, 4) is 11.1 Å². The highest BCUT2D eigenvalue weighted by Gasteiger charge is 2.61. The number of carbonyl (C=O) groups is 1. The Hall–Kier alpha value is -1.60. The van der Waals surface area contributed by atoms with E-state index in [-0.39, 0.29) is 28.4 Å². The first-order valence-corrected chi connectivity index (χ1v) is 10.1. The topological polar surface area (TPSA) is 26.3 Å². The zero-order chi connectivity index (χ0) is 20.6. The monoisotopic (exact) mass is 516 g/mol. The van der Waals surface area contributed by atoms with Crippen LogP contribution in [0.15, 0.2) is 45.9 Å². The molecule has 0 N–H and O–H groups in total. The summed E-state index contributed by atoms with van der Waals surface area (Å²) >= 11 is 6.55. The number of carbonyl (C=O) groups excluding carboxylic acids is 1. The van der Waals surface area contributed by atoms with Crippen molar-refractivity contribution in [3.05, 3.63) is 68.9 Å². The zero-order valence-corrected chi connectivity index (χ0v) is 18.3. The van der Waals surface area contributed by atoms with Gasteiger partial charge in [0.25, 0.3) is 0 Å². The highest BCUT2D eigenvalue weighted by atomic mass is 79.9. The molecular weight excluding hydrogens is 501 g/mol. The summed E-state index contributed by atoms with van der Waals surface area (Å²) in [4.78, 5) is 12.4. The van der Waals surface area contributed by atoms with Crippen molar-refractivity contribution in [2.75, 3.05) is 0 Å². The number of rotatable bonds is 5. The van der Waals surface area contributed by atoms with Crippen molar-refractivity contribution in [2.24, 2.45) is 17.3 Å². The summed E-state index contributed by atoms with van der Waals surface area (Å²) < 4.78 is 48.1. The minimum absolute atomic E-state index is 0.0333. The molecule has 0 amide bonds. The summed E-state index contributed by atoms with van der Waals surface area (Å²) in [5.74, 6) is -3.00. The van der Waals surface area contributed by atoms with Gasteiger partial charge in [-0.1, -0.05) is 32.1 Å². The van der Waals surface area contributed by atoms with E-state index in [1.807, 2.05) is 19.9 Å². The zero-order valence-electron chi connectivity index (χ0n) is 15.1. The quantitative estimate of drug-likeness (QED) is 0.411. The molecule has 1 fully saturated rings. The highest BCUT2D eigenvalue weighted by molar-refractivity contribution is 9.28. The Balaban J connectivity index is 1.78. The molecule has 2 aromatic rings. The summed E-state index contributed by atoms with van der Waals surface area (Å²) in [6.07, 6.45) is 1.86. The molecule has 1 saturated carbocycles. The van der Waals surface area contributed by atoms with E-state index in [2.05, 4.69) is 31.9 Å². The summed E-state index contributed by atoms with van der Waals surface area (Å²) in [5, 5.41) is 0. The average molecular weight is 518 g/mol. The Morgan fingerprint density at radius 3 is 2.36 bits per heavy atom. The third kappa shape index (κ3) is 4.20. The minimum atomic E-state index is -0.825. The molecule has 1 aliphatic carbocycles. The second-order valence-corrected chi connectivity index (χ2v) is 10.1. The fourth-order valence-corrected chi connectivity index (χ4v) is 3.96. The molecule has 0 saturated heterocycles. The maximum atomic E-state index is 14.8. The smallest absolute Gasteiger partial charge is 0.310 e. The van der Waals surface area contributed by atoms with Crippen molar-refractivity contribution in [3.63, 3.8) is 0 Å². The summed E-state index contributed by atoms with van der Waals surface area (Å²) in [7, 11) is 0. The van der Waals surface area contributed by atoms with Gasteiger partial charge in [-0.15, -0.1) is 0 Å². The molecule has 3 rings (SSSR count). The first kappa shape index (κ1) is 21.1.